The molecule has 0 aromatic carbocycles. The Morgan fingerprint density at radius 1 is 1.17 bits per heavy atom. The van der Waals surface area contributed by atoms with Crippen LogP contribution in [0.25, 0.3) is 0 Å². The Labute approximate surface area is 147 Å². The van der Waals surface area contributed by atoms with E-state index in [4.69, 9.17) is 14.9 Å². The summed E-state index contributed by atoms with van der Waals surface area (Å²) >= 11 is 0. The second-order valence-corrected chi connectivity index (χ2v) is 14.2. The summed E-state index contributed by atoms with van der Waals surface area (Å²) in [5.41, 5.74) is 3.89. The number of hydrogen-bond acceptors (Lipinski definition) is 4. The third-order valence-electron chi connectivity index (χ3n) is 4.97. The van der Waals surface area contributed by atoms with Crippen molar-refractivity contribution < 1.29 is 18.8 Å². The predicted octanol–water partition coefficient (Wildman–Crippen LogP) is 3.17. The number of carbonyl (C=O) groups excluding carboxylic acids is 2. The summed E-state index contributed by atoms with van der Waals surface area (Å²) in [5.74, 6) is -0.293. The number of carbonyl (C=O) groups is 2. The van der Waals surface area contributed by atoms with Gasteiger partial charge in [0, 0.05) is 6.61 Å². The number of primary amides is 1. The van der Waals surface area contributed by atoms with Crippen molar-refractivity contribution in [3.8, 4) is 0 Å². The molecule has 0 heterocycles. The number of amides is 2. The molecule has 2 amide bonds. The quantitative estimate of drug-likeness (QED) is 0.739. The molecule has 140 valence electrons. The molecule has 0 saturated heterocycles. The lowest BCUT2D eigenvalue weighted by Gasteiger charge is -2.47. The molecule has 1 aliphatic rings. The first-order chi connectivity index (χ1) is 10.6. The van der Waals surface area contributed by atoms with Crippen molar-refractivity contribution in [2.45, 2.75) is 83.7 Å². The van der Waals surface area contributed by atoms with Gasteiger partial charge in [0.2, 0.25) is 5.91 Å². The van der Waals surface area contributed by atoms with E-state index in [-0.39, 0.29) is 11.0 Å². The maximum Gasteiger partial charge on any atom is 0.408 e. The maximum absolute atomic E-state index is 12.0. The van der Waals surface area contributed by atoms with Crippen LogP contribution in [0.2, 0.25) is 18.1 Å². The molecule has 6 nitrogen and oxygen atoms in total. The van der Waals surface area contributed by atoms with Crippen molar-refractivity contribution in [2.75, 3.05) is 6.61 Å². The van der Waals surface area contributed by atoms with Crippen molar-refractivity contribution in [3.05, 3.63) is 0 Å². The van der Waals surface area contributed by atoms with Crippen molar-refractivity contribution in [1.82, 2.24) is 5.32 Å². The first-order valence-electron chi connectivity index (χ1n) is 8.53. The third kappa shape index (κ3) is 5.21. The van der Waals surface area contributed by atoms with Crippen LogP contribution < -0.4 is 11.1 Å². The summed E-state index contributed by atoms with van der Waals surface area (Å²) in [6.07, 6.45) is 0.386. The molecule has 0 aromatic rings. The Morgan fingerprint density at radius 3 is 2.04 bits per heavy atom. The van der Waals surface area contributed by atoms with Crippen LogP contribution >= 0.6 is 0 Å². The van der Waals surface area contributed by atoms with E-state index in [9.17, 15) is 9.59 Å². The second kappa shape index (κ2) is 6.67. The SMILES string of the molecule is CC(C)(C)OC(=O)NC1(C(N)=O)CC(CO[Si](C)(C)C(C)(C)C)C1. The largest absolute Gasteiger partial charge is 0.444 e. The van der Waals surface area contributed by atoms with Crippen LogP contribution in [-0.2, 0) is 14.0 Å². The zero-order valence-corrected chi connectivity index (χ0v) is 17.4. The lowest BCUT2D eigenvalue weighted by atomic mass is 9.68. The van der Waals surface area contributed by atoms with E-state index in [0.29, 0.717) is 19.4 Å². The van der Waals surface area contributed by atoms with Gasteiger partial charge in [-0.3, -0.25) is 4.79 Å². The predicted molar refractivity (Wildman–Crippen MR) is 97.2 cm³/mol. The van der Waals surface area contributed by atoms with Gasteiger partial charge in [0.25, 0.3) is 0 Å². The first-order valence-corrected chi connectivity index (χ1v) is 11.4. The fraction of sp³-hybridized carbons (Fsp3) is 0.882. The summed E-state index contributed by atoms with van der Waals surface area (Å²) in [6.45, 7) is 16.9. The zero-order chi connectivity index (χ0) is 19.0. The van der Waals surface area contributed by atoms with E-state index < -0.39 is 31.5 Å². The molecular formula is C17H34N2O4Si. The summed E-state index contributed by atoms with van der Waals surface area (Å²) in [6, 6.07) is 0. The lowest BCUT2D eigenvalue weighted by molar-refractivity contribution is -0.130. The van der Waals surface area contributed by atoms with Gasteiger partial charge in [0.05, 0.1) is 0 Å². The minimum Gasteiger partial charge on any atom is -0.444 e. The average molecular weight is 359 g/mol. The standard InChI is InChI=1S/C17H34N2O4Si/c1-15(2,3)23-14(21)19-17(13(18)20)9-12(10-17)11-22-24(7,8)16(4,5)6/h12H,9-11H2,1-8H3,(H2,18,20)(H,19,21). The van der Waals surface area contributed by atoms with Crippen molar-refractivity contribution in [3.63, 3.8) is 0 Å². The van der Waals surface area contributed by atoms with Gasteiger partial charge in [-0.05, 0) is 57.7 Å². The fourth-order valence-corrected chi connectivity index (χ4v) is 3.54. The highest BCUT2D eigenvalue weighted by Crippen LogP contribution is 2.41. The van der Waals surface area contributed by atoms with Gasteiger partial charge >= 0.3 is 6.09 Å². The zero-order valence-electron chi connectivity index (χ0n) is 16.4. The molecule has 0 aromatic heterocycles. The summed E-state index contributed by atoms with van der Waals surface area (Å²) < 4.78 is 11.4. The molecular weight excluding hydrogens is 324 g/mol. The molecule has 1 rings (SSSR count). The Balaban J connectivity index is 2.59. The van der Waals surface area contributed by atoms with Gasteiger partial charge in [-0.1, -0.05) is 20.8 Å². The van der Waals surface area contributed by atoms with E-state index in [1.807, 2.05) is 0 Å². The van der Waals surface area contributed by atoms with Gasteiger partial charge in [-0.2, -0.15) is 0 Å². The highest BCUT2D eigenvalue weighted by Gasteiger charge is 2.51. The molecule has 1 aliphatic carbocycles. The van der Waals surface area contributed by atoms with Crippen molar-refractivity contribution in [1.29, 1.82) is 0 Å². The minimum absolute atomic E-state index is 0.145. The van der Waals surface area contributed by atoms with Crippen molar-refractivity contribution in [2.24, 2.45) is 11.7 Å². The fourth-order valence-electron chi connectivity index (χ4n) is 2.45. The van der Waals surface area contributed by atoms with Crippen LogP contribution in [0, 0.1) is 5.92 Å². The number of nitrogens with two attached hydrogens (primary N) is 1. The smallest absolute Gasteiger partial charge is 0.408 e. The molecule has 1 fully saturated rings. The Morgan fingerprint density at radius 2 is 1.67 bits per heavy atom. The normalized spacial score (nSPS) is 24.9. The average Bonchev–Trinajstić information content (AvgIpc) is 2.27. The molecule has 0 atom stereocenters. The van der Waals surface area contributed by atoms with Gasteiger partial charge in [-0.25, -0.2) is 4.79 Å². The molecule has 0 spiro atoms. The summed E-state index contributed by atoms with van der Waals surface area (Å²) in [5, 5.41) is 2.81. The van der Waals surface area contributed by atoms with E-state index in [2.05, 4.69) is 39.2 Å². The van der Waals surface area contributed by atoms with Crippen LogP contribution in [0.4, 0.5) is 4.79 Å². The highest BCUT2D eigenvalue weighted by molar-refractivity contribution is 6.74. The second-order valence-electron chi connectivity index (χ2n) is 9.42. The maximum atomic E-state index is 12.0. The van der Waals surface area contributed by atoms with Gasteiger partial charge < -0.3 is 20.2 Å². The van der Waals surface area contributed by atoms with Gasteiger partial charge in [0.1, 0.15) is 11.1 Å². The van der Waals surface area contributed by atoms with Crippen molar-refractivity contribution >= 4 is 20.3 Å². The third-order valence-corrected chi connectivity index (χ3v) is 9.47. The van der Waals surface area contributed by atoms with E-state index in [1.54, 1.807) is 20.8 Å². The summed E-state index contributed by atoms with van der Waals surface area (Å²) in [4.78, 5) is 23.8. The Hall–Kier alpha value is -1.08. The molecule has 0 aliphatic heterocycles. The number of rotatable bonds is 5. The van der Waals surface area contributed by atoms with Crippen LogP contribution in [0.15, 0.2) is 0 Å². The van der Waals surface area contributed by atoms with Crippen LogP contribution in [0.3, 0.4) is 0 Å². The number of nitrogens with one attached hydrogen (secondary N) is 1. The van der Waals surface area contributed by atoms with E-state index in [1.165, 1.54) is 0 Å². The first kappa shape index (κ1) is 21.0. The summed E-state index contributed by atoms with van der Waals surface area (Å²) in [7, 11) is -1.82. The molecule has 3 N–H and O–H groups in total. The monoisotopic (exact) mass is 358 g/mol. The van der Waals surface area contributed by atoms with Gasteiger partial charge in [-0.15, -0.1) is 0 Å². The molecule has 0 unspecified atom stereocenters. The van der Waals surface area contributed by atoms with E-state index >= 15 is 0 Å². The number of alkyl carbamates (subject to hydrolysis) is 1. The highest BCUT2D eigenvalue weighted by atomic mass is 28.4. The molecule has 7 heteroatoms. The van der Waals surface area contributed by atoms with Crippen LogP contribution in [0.5, 0.6) is 0 Å². The lowest BCUT2D eigenvalue weighted by Crippen LogP contribution is -2.66. The number of ether oxygens (including phenoxy) is 1. The molecule has 0 bridgehead atoms. The molecule has 0 radical (unpaired) electrons. The van der Waals surface area contributed by atoms with Crippen LogP contribution in [0.1, 0.15) is 54.4 Å². The Bertz CT molecular complexity index is 486. The van der Waals surface area contributed by atoms with Gasteiger partial charge in [0.15, 0.2) is 8.32 Å². The van der Waals surface area contributed by atoms with Crippen LogP contribution in [-0.4, -0.2) is 38.1 Å². The molecule has 1 saturated carbocycles. The van der Waals surface area contributed by atoms with E-state index in [0.717, 1.165) is 0 Å². The minimum atomic E-state index is -1.82. The Kier molecular flexibility index (Phi) is 5.83. The molecule has 24 heavy (non-hydrogen) atoms. The number of hydrogen-bond donors (Lipinski definition) is 2. The topological polar surface area (TPSA) is 90.6 Å².